The summed E-state index contributed by atoms with van der Waals surface area (Å²) in [5.41, 5.74) is 1.99. The predicted molar refractivity (Wildman–Crippen MR) is 179 cm³/mol. The summed E-state index contributed by atoms with van der Waals surface area (Å²) in [4.78, 5) is 0. The van der Waals surface area contributed by atoms with Gasteiger partial charge in [-0.25, -0.2) is 0 Å². The number of benzene rings is 2. The molecule has 12 atom stereocenters. The number of ether oxygens (including phenoxy) is 13. The molecule has 5 saturated heterocycles. The van der Waals surface area contributed by atoms with Crippen LogP contribution >= 0.6 is 0 Å². The van der Waals surface area contributed by atoms with Gasteiger partial charge < -0.3 is 61.6 Å². The second-order valence-corrected chi connectivity index (χ2v) is 14.8. The SMILES string of the molecule is COC1(C)O[C@@H]2[C@H](OCc3ccccc3)[C@@H](O[C@@H]3[C@H]4OC(C)(C)O[C@H]4O[C@@H]3[C@H]3COC(C)(C)O3)O[C@H](COCc3ccccc3)[C@H]2OC1(C)OC. The zero-order chi connectivity index (χ0) is 36.0. The van der Waals surface area contributed by atoms with Crippen LogP contribution in [0.1, 0.15) is 52.7 Å². The first-order valence-electron chi connectivity index (χ1n) is 17.7. The highest BCUT2D eigenvalue weighted by Crippen LogP contribution is 2.47. The number of fused-ring (bicyclic) bond motifs is 2. The van der Waals surface area contributed by atoms with E-state index in [0.717, 1.165) is 11.1 Å². The van der Waals surface area contributed by atoms with Crippen molar-refractivity contribution in [2.75, 3.05) is 27.4 Å². The van der Waals surface area contributed by atoms with Crippen molar-refractivity contribution >= 4 is 0 Å². The Kier molecular flexibility index (Phi) is 10.7. The van der Waals surface area contributed by atoms with E-state index in [-0.39, 0.29) is 13.2 Å². The van der Waals surface area contributed by atoms with E-state index < -0.39 is 84.6 Å². The molecular formula is C38H52O13. The quantitative estimate of drug-likeness (QED) is 0.308. The van der Waals surface area contributed by atoms with E-state index in [9.17, 15) is 0 Å². The largest absolute Gasteiger partial charge is 0.374 e. The molecule has 0 radical (unpaired) electrons. The summed E-state index contributed by atoms with van der Waals surface area (Å²) in [6, 6.07) is 19.8. The summed E-state index contributed by atoms with van der Waals surface area (Å²) in [5.74, 6) is -4.31. The summed E-state index contributed by atoms with van der Waals surface area (Å²) in [5, 5.41) is 0. The topological polar surface area (TPSA) is 120 Å². The van der Waals surface area contributed by atoms with Gasteiger partial charge in [0.05, 0.1) is 26.4 Å². The molecule has 13 nitrogen and oxygen atoms in total. The van der Waals surface area contributed by atoms with Crippen LogP contribution in [0.4, 0.5) is 0 Å². The molecule has 5 aliphatic rings. The molecule has 0 aliphatic carbocycles. The van der Waals surface area contributed by atoms with Crippen molar-refractivity contribution in [3.05, 3.63) is 71.8 Å². The number of hydrogen-bond donors (Lipinski definition) is 0. The lowest BCUT2D eigenvalue weighted by Gasteiger charge is -2.57. The van der Waals surface area contributed by atoms with Crippen molar-refractivity contribution in [2.45, 2.75) is 139 Å². The standard InChI is InChI=1S/C38H52O13/c1-35(2)43-22-26(47-35)27-29(32-34(45-27)51-36(3,4)48-32)46-33-31(42-20-24-17-13-10-14-18-24)30-28(49-37(5,39-7)38(6,40-8)50-30)25(44-33)21-41-19-23-15-11-9-12-16-23/h9-18,25-34H,19-22H2,1-8H3/t25-,26-,27-,28-,29+,30+,31+,32-,33-,34-,37?,38?/m1/s1. The molecule has 13 heteroatoms. The van der Waals surface area contributed by atoms with E-state index in [1.165, 1.54) is 0 Å². The van der Waals surface area contributed by atoms with Gasteiger partial charge >= 0.3 is 0 Å². The van der Waals surface area contributed by atoms with Gasteiger partial charge in [0.15, 0.2) is 24.2 Å². The summed E-state index contributed by atoms with van der Waals surface area (Å²) in [6.45, 7) is 12.1. The Bertz CT molecular complexity index is 1440. The van der Waals surface area contributed by atoms with Gasteiger partial charge in [-0.2, -0.15) is 0 Å². The Balaban J connectivity index is 1.22. The molecule has 5 fully saturated rings. The van der Waals surface area contributed by atoms with Crippen LogP contribution in [0.25, 0.3) is 0 Å². The van der Waals surface area contributed by atoms with Crippen molar-refractivity contribution in [3.63, 3.8) is 0 Å². The predicted octanol–water partition coefficient (Wildman–Crippen LogP) is 4.44. The minimum atomic E-state index is -1.33. The maximum atomic E-state index is 7.00. The molecule has 0 N–H and O–H groups in total. The van der Waals surface area contributed by atoms with Gasteiger partial charge in [-0.15, -0.1) is 0 Å². The maximum Gasteiger partial charge on any atom is 0.220 e. The van der Waals surface area contributed by atoms with E-state index in [1.807, 2.05) is 88.4 Å². The maximum absolute atomic E-state index is 7.00. The van der Waals surface area contributed by atoms with Crippen molar-refractivity contribution in [1.29, 1.82) is 0 Å². The van der Waals surface area contributed by atoms with Gasteiger partial charge in [0, 0.05) is 14.2 Å². The third-order valence-electron chi connectivity index (χ3n) is 10.3. The Morgan fingerprint density at radius 2 is 1.25 bits per heavy atom. The Morgan fingerprint density at radius 3 is 1.86 bits per heavy atom. The molecule has 0 bridgehead atoms. The number of rotatable bonds is 12. The van der Waals surface area contributed by atoms with Crippen molar-refractivity contribution < 1.29 is 61.6 Å². The third kappa shape index (κ3) is 7.65. The highest BCUT2D eigenvalue weighted by Gasteiger charge is 2.65. The lowest BCUT2D eigenvalue weighted by Crippen LogP contribution is -2.73. The monoisotopic (exact) mass is 716 g/mol. The van der Waals surface area contributed by atoms with Crippen LogP contribution in [0.5, 0.6) is 0 Å². The van der Waals surface area contributed by atoms with Gasteiger partial charge in [-0.05, 0) is 52.7 Å². The van der Waals surface area contributed by atoms with Gasteiger partial charge in [0.25, 0.3) is 0 Å². The minimum absolute atomic E-state index is 0.158. The molecule has 51 heavy (non-hydrogen) atoms. The fraction of sp³-hybridized carbons (Fsp3) is 0.684. The number of hydrogen-bond acceptors (Lipinski definition) is 13. The smallest absolute Gasteiger partial charge is 0.220 e. The molecule has 0 spiro atoms. The summed E-state index contributed by atoms with van der Waals surface area (Å²) >= 11 is 0. The van der Waals surface area contributed by atoms with Crippen molar-refractivity contribution in [1.82, 2.24) is 0 Å². The third-order valence-corrected chi connectivity index (χ3v) is 10.3. The zero-order valence-electron chi connectivity index (χ0n) is 30.7. The Hall–Kier alpha value is -2.08. The van der Waals surface area contributed by atoms with Crippen LogP contribution in [-0.4, -0.2) is 112 Å². The molecule has 0 saturated carbocycles. The molecule has 2 unspecified atom stereocenters. The van der Waals surface area contributed by atoms with Gasteiger partial charge in [0.2, 0.25) is 11.6 Å². The fourth-order valence-corrected chi connectivity index (χ4v) is 7.40. The first-order chi connectivity index (χ1) is 24.3. The lowest BCUT2D eigenvalue weighted by molar-refractivity contribution is -0.483. The second-order valence-electron chi connectivity index (χ2n) is 14.8. The average molecular weight is 717 g/mol. The van der Waals surface area contributed by atoms with Crippen LogP contribution in [0.3, 0.4) is 0 Å². The van der Waals surface area contributed by atoms with Crippen LogP contribution in [0.2, 0.25) is 0 Å². The van der Waals surface area contributed by atoms with E-state index in [4.69, 9.17) is 61.6 Å². The first kappa shape index (κ1) is 37.2. The normalized spacial score (nSPS) is 41.3. The first-order valence-corrected chi connectivity index (χ1v) is 17.7. The number of methoxy groups -OCH3 is 2. The van der Waals surface area contributed by atoms with Crippen LogP contribution in [-0.2, 0) is 74.8 Å². The molecule has 5 aliphatic heterocycles. The molecule has 2 aromatic rings. The molecule has 0 aromatic heterocycles. The minimum Gasteiger partial charge on any atom is -0.374 e. The second kappa shape index (κ2) is 14.6. The molecule has 5 heterocycles. The molecule has 282 valence electrons. The molecular weight excluding hydrogens is 664 g/mol. The van der Waals surface area contributed by atoms with Gasteiger partial charge in [-0.1, -0.05) is 60.7 Å². The summed E-state index contributed by atoms with van der Waals surface area (Å²) < 4.78 is 83.5. The Labute approximate surface area is 299 Å². The van der Waals surface area contributed by atoms with E-state index in [1.54, 1.807) is 28.1 Å². The van der Waals surface area contributed by atoms with E-state index in [0.29, 0.717) is 13.2 Å². The van der Waals surface area contributed by atoms with Crippen LogP contribution in [0.15, 0.2) is 60.7 Å². The van der Waals surface area contributed by atoms with E-state index >= 15 is 0 Å². The molecule has 2 aromatic carbocycles. The highest BCUT2D eigenvalue weighted by molar-refractivity contribution is 5.15. The van der Waals surface area contributed by atoms with Crippen molar-refractivity contribution in [3.8, 4) is 0 Å². The highest BCUT2D eigenvalue weighted by atomic mass is 16.9. The van der Waals surface area contributed by atoms with E-state index in [2.05, 4.69) is 0 Å². The van der Waals surface area contributed by atoms with Crippen molar-refractivity contribution in [2.24, 2.45) is 0 Å². The summed E-state index contributed by atoms with van der Waals surface area (Å²) in [7, 11) is 3.11. The van der Waals surface area contributed by atoms with Crippen LogP contribution in [0, 0.1) is 0 Å². The fourth-order valence-electron chi connectivity index (χ4n) is 7.40. The molecule has 0 amide bonds. The molecule has 7 rings (SSSR count). The van der Waals surface area contributed by atoms with Gasteiger partial charge in [-0.3, -0.25) is 0 Å². The zero-order valence-corrected chi connectivity index (χ0v) is 30.7. The Morgan fingerprint density at radius 1 is 0.627 bits per heavy atom. The van der Waals surface area contributed by atoms with Gasteiger partial charge in [0.1, 0.15) is 48.8 Å². The average Bonchev–Trinajstić information content (AvgIpc) is 3.74. The lowest BCUT2D eigenvalue weighted by atomic mass is 9.93. The van der Waals surface area contributed by atoms with Crippen LogP contribution < -0.4 is 0 Å². The summed E-state index contributed by atoms with van der Waals surface area (Å²) in [6.07, 6.45) is -6.98.